The number of likely N-dealkylation sites (tertiary alicyclic amines) is 1. The van der Waals surface area contributed by atoms with Gasteiger partial charge in [0.05, 0.1) is 19.3 Å². The molecule has 0 aromatic rings. The second-order valence-electron chi connectivity index (χ2n) is 5.79. The van der Waals surface area contributed by atoms with Gasteiger partial charge >= 0.3 is 6.09 Å². The molecular weight excluding hydrogens is 236 g/mol. The van der Waals surface area contributed by atoms with Gasteiger partial charge in [0.25, 0.3) is 0 Å². The lowest BCUT2D eigenvalue weighted by Gasteiger charge is -2.42. The molecule has 0 aliphatic carbocycles. The maximum absolute atomic E-state index is 11.9. The van der Waals surface area contributed by atoms with Crippen molar-refractivity contribution in [2.75, 3.05) is 26.3 Å². The molecule has 2 fully saturated rings. The van der Waals surface area contributed by atoms with Gasteiger partial charge < -0.3 is 24.8 Å². The number of carbonyl (C=O) groups is 1. The molecule has 0 bridgehead atoms. The molecule has 18 heavy (non-hydrogen) atoms. The van der Waals surface area contributed by atoms with E-state index in [4.69, 9.17) is 19.9 Å². The Hall–Kier alpha value is -0.850. The van der Waals surface area contributed by atoms with Crippen molar-refractivity contribution in [3.05, 3.63) is 0 Å². The van der Waals surface area contributed by atoms with Gasteiger partial charge in [0.2, 0.25) is 0 Å². The third-order valence-electron chi connectivity index (χ3n) is 3.14. The molecule has 2 saturated heterocycles. The van der Waals surface area contributed by atoms with E-state index in [1.807, 2.05) is 20.8 Å². The Morgan fingerprint density at radius 2 is 2.00 bits per heavy atom. The van der Waals surface area contributed by atoms with E-state index < -0.39 is 11.4 Å². The summed E-state index contributed by atoms with van der Waals surface area (Å²) in [6, 6.07) is -0.332. The smallest absolute Gasteiger partial charge is 0.410 e. The maximum Gasteiger partial charge on any atom is 0.410 e. The van der Waals surface area contributed by atoms with Gasteiger partial charge in [-0.1, -0.05) is 0 Å². The average molecular weight is 258 g/mol. The van der Waals surface area contributed by atoms with E-state index in [1.54, 1.807) is 4.90 Å². The fraction of sp³-hybridized carbons (Fsp3) is 0.917. The molecule has 0 aromatic heterocycles. The van der Waals surface area contributed by atoms with E-state index in [1.165, 1.54) is 0 Å². The third-order valence-corrected chi connectivity index (χ3v) is 3.14. The van der Waals surface area contributed by atoms with Crippen LogP contribution < -0.4 is 5.73 Å². The summed E-state index contributed by atoms with van der Waals surface area (Å²) < 4.78 is 16.5. The Morgan fingerprint density at radius 3 is 2.50 bits per heavy atom. The summed E-state index contributed by atoms with van der Waals surface area (Å²) in [6.45, 7) is 7.62. The Kier molecular flexibility index (Phi) is 3.53. The van der Waals surface area contributed by atoms with Gasteiger partial charge in [0, 0.05) is 19.5 Å². The van der Waals surface area contributed by atoms with Crippen LogP contribution in [0.5, 0.6) is 0 Å². The van der Waals surface area contributed by atoms with Crippen LogP contribution in [-0.2, 0) is 14.2 Å². The van der Waals surface area contributed by atoms with Crippen molar-refractivity contribution in [3.8, 4) is 0 Å². The van der Waals surface area contributed by atoms with Crippen LogP contribution in [0.3, 0.4) is 0 Å². The molecule has 2 aliphatic heterocycles. The highest BCUT2D eigenvalue weighted by molar-refractivity contribution is 5.68. The molecule has 2 N–H and O–H groups in total. The topological polar surface area (TPSA) is 74.0 Å². The van der Waals surface area contributed by atoms with Gasteiger partial charge in [-0.3, -0.25) is 0 Å². The lowest BCUT2D eigenvalue weighted by Crippen LogP contribution is -2.61. The molecule has 1 unspecified atom stereocenters. The Morgan fingerprint density at radius 1 is 1.39 bits per heavy atom. The third kappa shape index (κ3) is 2.76. The lowest BCUT2D eigenvalue weighted by molar-refractivity contribution is -0.194. The number of carbonyl (C=O) groups excluding carboxylic acids is 1. The fourth-order valence-electron chi connectivity index (χ4n) is 2.27. The molecule has 6 heteroatoms. The van der Waals surface area contributed by atoms with Crippen LogP contribution in [0.25, 0.3) is 0 Å². The number of amides is 1. The van der Waals surface area contributed by atoms with Crippen molar-refractivity contribution in [3.63, 3.8) is 0 Å². The molecule has 6 nitrogen and oxygen atoms in total. The van der Waals surface area contributed by atoms with Crippen molar-refractivity contribution >= 4 is 6.09 Å². The van der Waals surface area contributed by atoms with Crippen LogP contribution in [0.1, 0.15) is 27.2 Å². The lowest BCUT2D eigenvalue weighted by atomic mass is 9.99. The molecule has 104 valence electrons. The second kappa shape index (κ2) is 4.68. The summed E-state index contributed by atoms with van der Waals surface area (Å²) in [4.78, 5) is 13.5. The summed E-state index contributed by atoms with van der Waals surface area (Å²) in [5.74, 6) is -0.696. The zero-order valence-corrected chi connectivity index (χ0v) is 11.3. The normalized spacial score (nSPS) is 27.6. The van der Waals surface area contributed by atoms with Gasteiger partial charge in [-0.15, -0.1) is 0 Å². The Bertz CT molecular complexity index is 321. The van der Waals surface area contributed by atoms with Gasteiger partial charge in [-0.05, 0) is 20.8 Å². The van der Waals surface area contributed by atoms with E-state index in [2.05, 4.69) is 0 Å². The number of hydrogen-bond acceptors (Lipinski definition) is 5. The molecule has 2 heterocycles. The van der Waals surface area contributed by atoms with Gasteiger partial charge in [0.15, 0.2) is 5.79 Å². The van der Waals surface area contributed by atoms with Gasteiger partial charge in [-0.25, -0.2) is 4.79 Å². The Labute approximate surface area is 107 Å². The van der Waals surface area contributed by atoms with E-state index in [0.29, 0.717) is 32.7 Å². The average Bonchev–Trinajstić information content (AvgIpc) is 2.69. The van der Waals surface area contributed by atoms with Crippen molar-refractivity contribution in [1.29, 1.82) is 0 Å². The second-order valence-corrected chi connectivity index (χ2v) is 5.79. The first-order valence-electron chi connectivity index (χ1n) is 6.34. The first-order chi connectivity index (χ1) is 8.32. The molecule has 1 spiro atoms. The predicted molar refractivity (Wildman–Crippen MR) is 65.0 cm³/mol. The molecule has 0 saturated carbocycles. The van der Waals surface area contributed by atoms with Gasteiger partial charge in [0.1, 0.15) is 5.60 Å². The quantitative estimate of drug-likeness (QED) is 0.692. The summed E-state index contributed by atoms with van der Waals surface area (Å²) >= 11 is 0. The summed E-state index contributed by atoms with van der Waals surface area (Å²) in [7, 11) is 0. The molecule has 0 aromatic carbocycles. The minimum absolute atomic E-state index is 0.328. The molecule has 2 aliphatic rings. The number of piperidine rings is 1. The number of nitrogens with two attached hydrogens (primary N) is 1. The predicted octanol–water partition coefficient (Wildman–Crippen LogP) is 0.698. The van der Waals surface area contributed by atoms with E-state index in [0.717, 1.165) is 0 Å². The number of hydrogen-bond donors (Lipinski definition) is 1. The Balaban J connectivity index is 1.94. The largest absolute Gasteiger partial charge is 0.444 e. The van der Waals surface area contributed by atoms with Crippen molar-refractivity contribution in [2.24, 2.45) is 5.73 Å². The standard InChI is InChI=1S/C12H22N2O4/c1-11(2,3)18-10(15)14-5-4-12(9(13)8-14)16-6-7-17-12/h9H,4-8,13H2,1-3H3. The molecular formula is C12H22N2O4. The summed E-state index contributed by atoms with van der Waals surface area (Å²) in [6.07, 6.45) is 0.263. The summed E-state index contributed by atoms with van der Waals surface area (Å²) in [5, 5.41) is 0. The zero-order chi connectivity index (χ0) is 13.4. The van der Waals surface area contributed by atoms with E-state index >= 15 is 0 Å². The van der Waals surface area contributed by atoms with Crippen LogP contribution in [0.4, 0.5) is 4.79 Å². The first-order valence-corrected chi connectivity index (χ1v) is 6.34. The molecule has 1 atom stereocenters. The highest BCUT2D eigenvalue weighted by Gasteiger charge is 2.47. The van der Waals surface area contributed by atoms with Crippen LogP contribution in [0.2, 0.25) is 0 Å². The number of rotatable bonds is 0. The zero-order valence-electron chi connectivity index (χ0n) is 11.3. The SMILES string of the molecule is CC(C)(C)OC(=O)N1CCC2(OCCO2)C(N)C1. The van der Waals surface area contributed by atoms with Gasteiger partial charge in [-0.2, -0.15) is 0 Å². The van der Waals surface area contributed by atoms with E-state index in [-0.39, 0.29) is 12.1 Å². The van der Waals surface area contributed by atoms with Crippen molar-refractivity contribution < 1.29 is 19.0 Å². The first kappa shape index (κ1) is 13.6. The van der Waals surface area contributed by atoms with Crippen LogP contribution in [-0.4, -0.2) is 54.7 Å². The van der Waals surface area contributed by atoms with Crippen LogP contribution in [0.15, 0.2) is 0 Å². The van der Waals surface area contributed by atoms with Crippen LogP contribution in [0, 0.1) is 0 Å². The van der Waals surface area contributed by atoms with Crippen molar-refractivity contribution in [2.45, 2.75) is 44.6 Å². The highest BCUT2D eigenvalue weighted by Crippen LogP contribution is 2.31. The van der Waals surface area contributed by atoms with Crippen molar-refractivity contribution in [1.82, 2.24) is 4.90 Å². The molecule has 1 amide bonds. The highest BCUT2D eigenvalue weighted by atomic mass is 16.7. The maximum atomic E-state index is 11.9. The number of ether oxygens (including phenoxy) is 3. The monoisotopic (exact) mass is 258 g/mol. The van der Waals surface area contributed by atoms with Crippen LogP contribution >= 0.6 is 0 Å². The van der Waals surface area contributed by atoms with E-state index in [9.17, 15) is 4.79 Å². The minimum Gasteiger partial charge on any atom is -0.444 e. The minimum atomic E-state index is -0.696. The molecule has 2 rings (SSSR count). The number of nitrogens with zero attached hydrogens (tertiary/aromatic N) is 1. The fourth-order valence-corrected chi connectivity index (χ4v) is 2.27. The summed E-state index contributed by atoms with van der Waals surface area (Å²) in [5.41, 5.74) is 5.58. The molecule has 0 radical (unpaired) electrons.